The highest BCUT2D eigenvalue weighted by Gasteiger charge is 2.38. The topological polar surface area (TPSA) is 62.3 Å². The Morgan fingerprint density at radius 1 is 1.72 bits per heavy atom. The zero-order valence-electron chi connectivity index (χ0n) is 11.0. The first-order valence-corrected chi connectivity index (χ1v) is 7.22. The summed E-state index contributed by atoms with van der Waals surface area (Å²) in [6.45, 7) is 7.05. The van der Waals surface area contributed by atoms with E-state index in [0.29, 0.717) is 12.3 Å². The van der Waals surface area contributed by atoms with Crippen molar-refractivity contribution in [2.24, 2.45) is 0 Å². The molecule has 1 amide bonds. The van der Waals surface area contributed by atoms with Crippen LogP contribution in [0.5, 0.6) is 0 Å². The number of nitrogens with zero attached hydrogens (tertiary/aromatic N) is 3. The van der Waals surface area contributed by atoms with Gasteiger partial charge in [-0.1, -0.05) is 6.92 Å². The number of aromatic nitrogens is 2. The van der Waals surface area contributed by atoms with Crippen LogP contribution in [-0.2, 0) is 4.79 Å². The van der Waals surface area contributed by atoms with Gasteiger partial charge < -0.3 is 0 Å². The largest absolute Gasteiger partial charge is 0.305 e. The minimum absolute atomic E-state index is 0.0243. The number of rotatable bonds is 3. The molecule has 2 rings (SSSR count). The SMILES string of the molecule is CCC(=O)Nc1c[n+](N2CCSCC2(C)C)no1. The van der Waals surface area contributed by atoms with Crippen LogP contribution in [0, 0.1) is 0 Å². The molecule has 2 heterocycles. The number of carbonyl (C=O) groups excluding carboxylic acids is 1. The van der Waals surface area contributed by atoms with Gasteiger partial charge in [-0.05, 0) is 13.8 Å². The fourth-order valence-corrected chi connectivity index (χ4v) is 2.96. The molecule has 18 heavy (non-hydrogen) atoms. The van der Waals surface area contributed by atoms with Crippen molar-refractivity contribution in [2.75, 3.05) is 28.4 Å². The molecule has 1 aromatic heterocycles. The molecule has 0 saturated carbocycles. The van der Waals surface area contributed by atoms with E-state index in [4.69, 9.17) is 4.52 Å². The lowest BCUT2D eigenvalue weighted by Crippen LogP contribution is -2.70. The third kappa shape index (κ3) is 2.77. The quantitative estimate of drug-likeness (QED) is 0.823. The van der Waals surface area contributed by atoms with Crippen molar-refractivity contribution < 1.29 is 14.1 Å². The molecule has 1 fully saturated rings. The molecular weight excluding hydrogens is 252 g/mol. The first-order chi connectivity index (χ1) is 8.53. The van der Waals surface area contributed by atoms with Gasteiger partial charge in [-0.2, -0.15) is 11.8 Å². The van der Waals surface area contributed by atoms with E-state index in [0.717, 1.165) is 18.1 Å². The van der Waals surface area contributed by atoms with Crippen molar-refractivity contribution in [2.45, 2.75) is 32.7 Å². The van der Waals surface area contributed by atoms with E-state index in [1.54, 1.807) is 17.9 Å². The van der Waals surface area contributed by atoms with E-state index in [9.17, 15) is 4.79 Å². The van der Waals surface area contributed by atoms with Crippen LogP contribution in [0.15, 0.2) is 10.7 Å². The zero-order chi connectivity index (χ0) is 13.2. The third-order valence-electron chi connectivity index (χ3n) is 2.89. The maximum absolute atomic E-state index is 11.3. The monoisotopic (exact) mass is 271 g/mol. The number of anilines is 1. The van der Waals surface area contributed by atoms with E-state index in [2.05, 4.69) is 29.4 Å². The summed E-state index contributed by atoms with van der Waals surface area (Å²) in [6, 6.07) is 0. The number of amides is 1. The lowest BCUT2D eigenvalue weighted by Gasteiger charge is -2.34. The number of hydrogen-bond donors (Lipinski definition) is 1. The standard InChI is InChI=1S/C11H18N4O2S/c1-4-9(16)12-10-7-15(13-17-10)14-5-6-18-8-11(14,2)3/h7H,4-6,8H2,1-3H3/p+1. The normalized spacial score (nSPS) is 18.7. The highest BCUT2D eigenvalue weighted by Crippen LogP contribution is 2.22. The second-order valence-electron chi connectivity index (χ2n) is 4.88. The second-order valence-corrected chi connectivity index (χ2v) is 5.98. The minimum Gasteiger partial charge on any atom is -0.289 e. The van der Waals surface area contributed by atoms with Gasteiger partial charge in [0, 0.05) is 17.9 Å². The number of thioether (sulfide) groups is 1. The Morgan fingerprint density at radius 2 is 2.50 bits per heavy atom. The van der Waals surface area contributed by atoms with Gasteiger partial charge in [0.05, 0.1) is 11.3 Å². The van der Waals surface area contributed by atoms with Crippen LogP contribution in [-0.4, -0.2) is 34.8 Å². The molecule has 0 radical (unpaired) electrons. The maximum atomic E-state index is 11.3. The Morgan fingerprint density at radius 3 is 3.17 bits per heavy atom. The Bertz CT molecular complexity index is 432. The van der Waals surface area contributed by atoms with Gasteiger partial charge in [-0.15, -0.1) is 5.01 Å². The van der Waals surface area contributed by atoms with Crippen molar-refractivity contribution in [1.82, 2.24) is 5.27 Å². The van der Waals surface area contributed by atoms with Gasteiger partial charge in [0.2, 0.25) is 11.2 Å². The summed E-state index contributed by atoms with van der Waals surface area (Å²) in [6.07, 6.45) is 2.14. The fraction of sp³-hybridized carbons (Fsp3) is 0.727. The van der Waals surface area contributed by atoms with Crippen molar-refractivity contribution in [3.8, 4) is 0 Å². The summed E-state index contributed by atoms with van der Waals surface area (Å²) in [5.74, 6) is 2.42. The van der Waals surface area contributed by atoms with E-state index < -0.39 is 0 Å². The molecule has 1 aliphatic rings. The predicted molar refractivity (Wildman–Crippen MR) is 70.1 cm³/mol. The van der Waals surface area contributed by atoms with E-state index in [1.807, 2.05) is 11.8 Å². The van der Waals surface area contributed by atoms with Crippen LogP contribution in [0.3, 0.4) is 0 Å². The van der Waals surface area contributed by atoms with Crippen LogP contribution in [0.1, 0.15) is 27.2 Å². The fourth-order valence-electron chi connectivity index (χ4n) is 1.86. The summed E-state index contributed by atoms with van der Waals surface area (Å²) in [5, 5.41) is 8.77. The van der Waals surface area contributed by atoms with E-state index in [1.165, 1.54) is 0 Å². The minimum atomic E-state index is -0.0771. The maximum Gasteiger partial charge on any atom is 0.305 e. The van der Waals surface area contributed by atoms with Crippen LogP contribution in [0.4, 0.5) is 5.88 Å². The average molecular weight is 271 g/mol. The highest BCUT2D eigenvalue weighted by molar-refractivity contribution is 7.99. The Kier molecular flexibility index (Phi) is 3.79. The Hall–Kier alpha value is -1.24. The van der Waals surface area contributed by atoms with Crippen molar-refractivity contribution in [1.29, 1.82) is 0 Å². The zero-order valence-corrected chi connectivity index (χ0v) is 11.8. The van der Waals surface area contributed by atoms with Gasteiger partial charge >= 0.3 is 5.88 Å². The molecule has 0 spiro atoms. The van der Waals surface area contributed by atoms with E-state index >= 15 is 0 Å². The molecule has 1 saturated heterocycles. The molecule has 0 bridgehead atoms. The summed E-state index contributed by atoms with van der Waals surface area (Å²) in [5.41, 5.74) is 0.0243. The Balaban J connectivity index is 2.11. The molecule has 0 atom stereocenters. The van der Waals surface area contributed by atoms with Crippen LogP contribution in [0.25, 0.3) is 0 Å². The summed E-state index contributed by atoms with van der Waals surface area (Å²) in [4.78, 5) is 13.0. The van der Waals surface area contributed by atoms with Gasteiger partial charge in [-0.3, -0.25) is 14.6 Å². The van der Waals surface area contributed by atoms with Crippen LogP contribution in [0.2, 0.25) is 0 Å². The molecule has 1 aromatic rings. The highest BCUT2D eigenvalue weighted by atomic mass is 32.2. The van der Waals surface area contributed by atoms with Crippen LogP contribution < -0.4 is 15.1 Å². The van der Waals surface area contributed by atoms with Gasteiger partial charge in [0.15, 0.2) is 0 Å². The predicted octanol–water partition coefficient (Wildman–Crippen LogP) is 0.774. The first-order valence-electron chi connectivity index (χ1n) is 6.07. The Labute approximate surface area is 111 Å². The lowest BCUT2D eigenvalue weighted by molar-refractivity contribution is -0.764. The van der Waals surface area contributed by atoms with Gasteiger partial charge in [-0.25, -0.2) is 0 Å². The molecule has 100 valence electrons. The number of nitrogens with one attached hydrogen (secondary N) is 1. The summed E-state index contributed by atoms with van der Waals surface area (Å²) >= 11 is 1.94. The average Bonchev–Trinajstić information content (AvgIpc) is 2.76. The van der Waals surface area contributed by atoms with Gasteiger partial charge in [0.1, 0.15) is 5.54 Å². The molecule has 0 aliphatic carbocycles. The molecule has 1 N–H and O–H groups in total. The van der Waals surface area contributed by atoms with Crippen molar-refractivity contribution in [3.05, 3.63) is 6.20 Å². The lowest BCUT2D eigenvalue weighted by atomic mass is 10.1. The third-order valence-corrected chi connectivity index (χ3v) is 4.27. The van der Waals surface area contributed by atoms with Crippen molar-refractivity contribution >= 4 is 23.6 Å². The van der Waals surface area contributed by atoms with E-state index in [-0.39, 0.29) is 11.4 Å². The molecule has 1 aliphatic heterocycles. The molecular formula is C11H19N4O2S+. The second kappa shape index (κ2) is 5.17. The molecule has 0 unspecified atom stereocenters. The number of hydrogen-bond acceptors (Lipinski definition) is 5. The molecule has 0 aromatic carbocycles. The number of carbonyl (C=O) groups is 1. The van der Waals surface area contributed by atoms with Gasteiger partial charge in [0.25, 0.3) is 6.20 Å². The summed E-state index contributed by atoms with van der Waals surface area (Å²) in [7, 11) is 0. The first kappa shape index (κ1) is 13.2. The van der Waals surface area contributed by atoms with Crippen molar-refractivity contribution in [3.63, 3.8) is 0 Å². The summed E-state index contributed by atoms with van der Waals surface area (Å²) < 4.78 is 5.12. The molecule has 7 heteroatoms. The smallest absolute Gasteiger partial charge is 0.289 e. The molecule has 6 nitrogen and oxygen atoms in total. The van der Waals surface area contributed by atoms with Crippen LogP contribution >= 0.6 is 11.8 Å².